The molecule has 1 aliphatic carbocycles. The van der Waals surface area contributed by atoms with Gasteiger partial charge in [0.1, 0.15) is 5.82 Å². The summed E-state index contributed by atoms with van der Waals surface area (Å²) in [6.45, 7) is 0.559. The van der Waals surface area contributed by atoms with Gasteiger partial charge in [-0.25, -0.2) is 4.39 Å². The lowest BCUT2D eigenvalue weighted by atomic mass is 9.86. The number of nitrogens with two attached hydrogens (primary N) is 1. The minimum Gasteiger partial charge on any atom is -0.383 e. The number of nitrogens with one attached hydrogen (secondary N) is 2. The van der Waals surface area contributed by atoms with E-state index in [2.05, 4.69) is 10.6 Å². The van der Waals surface area contributed by atoms with Crippen molar-refractivity contribution in [2.45, 2.75) is 47.7 Å². The molecule has 3 nitrogen and oxygen atoms in total. The van der Waals surface area contributed by atoms with Gasteiger partial charge in [0.2, 0.25) is 0 Å². The fourth-order valence-electron chi connectivity index (χ4n) is 3.84. The number of halogens is 4. The van der Waals surface area contributed by atoms with Gasteiger partial charge in [-0.3, -0.25) is 0 Å². The van der Waals surface area contributed by atoms with Crippen LogP contribution in [-0.4, -0.2) is 12.6 Å². The Kier molecular flexibility index (Phi) is 5.18. The third-order valence-corrected chi connectivity index (χ3v) is 6.37. The van der Waals surface area contributed by atoms with Crippen LogP contribution in [0.25, 0.3) is 0 Å². The third kappa shape index (κ3) is 4.07. The summed E-state index contributed by atoms with van der Waals surface area (Å²) < 4.78 is 53.8. The standard InChI is InChI=1S/C20H21F4N3S/c21-13-4-5-17-15(9-13)27-19-16(26-10-11-2-1-3-14(25)6-11)7-12(20(22,23)24)8-18(19)28-17/h4-5,7-9,11,14,26-27H,1-3,6,10,25H2. The highest BCUT2D eigenvalue weighted by Gasteiger charge is 2.33. The Labute approximate surface area is 165 Å². The van der Waals surface area contributed by atoms with E-state index in [-0.39, 0.29) is 6.04 Å². The fraction of sp³-hybridized carbons (Fsp3) is 0.400. The second-order valence-corrected chi connectivity index (χ2v) is 8.52. The van der Waals surface area contributed by atoms with Crippen LogP contribution in [0.3, 0.4) is 0 Å². The van der Waals surface area contributed by atoms with Crippen molar-refractivity contribution in [2.75, 3.05) is 17.2 Å². The molecule has 2 unspecified atom stereocenters. The Morgan fingerprint density at radius 1 is 1.14 bits per heavy atom. The number of fused-ring (bicyclic) bond motifs is 2. The van der Waals surface area contributed by atoms with Crippen LogP contribution in [0, 0.1) is 11.7 Å². The lowest BCUT2D eigenvalue weighted by molar-refractivity contribution is -0.137. The van der Waals surface area contributed by atoms with E-state index in [9.17, 15) is 17.6 Å². The van der Waals surface area contributed by atoms with E-state index in [0.717, 1.165) is 37.8 Å². The van der Waals surface area contributed by atoms with Crippen LogP contribution in [0.5, 0.6) is 0 Å². The van der Waals surface area contributed by atoms with Gasteiger partial charge in [0, 0.05) is 22.4 Å². The second kappa shape index (κ2) is 7.48. The molecular weight excluding hydrogens is 390 g/mol. The largest absolute Gasteiger partial charge is 0.416 e. The highest BCUT2D eigenvalue weighted by Crippen LogP contribution is 2.49. The first-order chi connectivity index (χ1) is 13.3. The van der Waals surface area contributed by atoms with Gasteiger partial charge in [0.15, 0.2) is 0 Å². The van der Waals surface area contributed by atoms with Crippen LogP contribution in [0.4, 0.5) is 34.6 Å². The summed E-state index contributed by atoms with van der Waals surface area (Å²) in [5, 5.41) is 6.31. The Morgan fingerprint density at radius 2 is 1.96 bits per heavy atom. The molecule has 1 heterocycles. The molecule has 2 aromatic rings. The number of benzene rings is 2. The molecule has 1 saturated carbocycles. The van der Waals surface area contributed by atoms with Gasteiger partial charge in [-0.05, 0) is 55.5 Å². The van der Waals surface area contributed by atoms with E-state index in [0.29, 0.717) is 39.3 Å². The van der Waals surface area contributed by atoms with E-state index >= 15 is 0 Å². The zero-order valence-corrected chi connectivity index (χ0v) is 15.9. The second-order valence-electron chi connectivity index (χ2n) is 7.44. The number of hydrogen-bond acceptors (Lipinski definition) is 4. The molecule has 28 heavy (non-hydrogen) atoms. The molecule has 2 aliphatic rings. The minimum atomic E-state index is -4.44. The van der Waals surface area contributed by atoms with Gasteiger partial charge < -0.3 is 16.4 Å². The molecule has 0 saturated heterocycles. The summed E-state index contributed by atoms with van der Waals surface area (Å²) >= 11 is 1.21. The summed E-state index contributed by atoms with van der Waals surface area (Å²) in [5.41, 5.74) is 6.81. The molecule has 0 radical (unpaired) electrons. The van der Waals surface area contributed by atoms with Crippen LogP contribution in [0.15, 0.2) is 40.1 Å². The first-order valence-corrected chi connectivity index (χ1v) is 10.1. The molecule has 8 heteroatoms. The molecule has 0 spiro atoms. The molecule has 1 fully saturated rings. The monoisotopic (exact) mass is 411 g/mol. The molecular formula is C20H21F4N3S. The van der Waals surface area contributed by atoms with Crippen molar-refractivity contribution in [1.29, 1.82) is 0 Å². The fourth-order valence-corrected chi connectivity index (χ4v) is 4.88. The number of alkyl halides is 3. The van der Waals surface area contributed by atoms with E-state index in [4.69, 9.17) is 5.73 Å². The molecule has 4 N–H and O–H groups in total. The number of anilines is 3. The van der Waals surface area contributed by atoms with Crippen molar-refractivity contribution < 1.29 is 17.6 Å². The van der Waals surface area contributed by atoms with E-state index < -0.39 is 17.6 Å². The molecule has 0 amide bonds. The van der Waals surface area contributed by atoms with Crippen molar-refractivity contribution >= 4 is 28.8 Å². The van der Waals surface area contributed by atoms with Crippen LogP contribution in [-0.2, 0) is 6.18 Å². The summed E-state index contributed by atoms with van der Waals surface area (Å²) in [5.74, 6) is -0.0668. The molecule has 0 bridgehead atoms. The maximum Gasteiger partial charge on any atom is 0.416 e. The molecule has 2 atom stereocenters. The molecule has 4 rings (SSSR count). The first kappa shape index (κ1) is 19.4. The van der Waals surface area contributed by atoms with Gasteiger partial charge >= 0.3 is 6.18 Å². The minimum absolute atomic E-state index is 0.152. The lowest BCUT2D eigenvalue weighted by Crippen LogP contribution is -2.31. The Balaban J connectivity index is 1.65. The van der Waals surface area contributed by atoms with E-state index in [1.807, 2.05) is 0 Å². The summed E-state index contributed by atoms with van der Waals surface area (Å²) in [6, 6.07) is 6.65. The Morgan fingerprint density at radius 3 is 2.71 bits per heavy atom. The SMILES string of the molecule is NC1CCCC(CNc2cc(C(F)(F)F)cc3c2Nc2cc(F)ccc2S3)C1. The van der Waals surface area contributed by atoms with Crippen molar-refractivity contribution in [2.24, 2.45) is 11.7 Å². The van der Waals surface area contributed by atoms with Gasteiger partial charge in [0.05, 0.1) is 22.6 Å². The van der Waals surface area contributed by atoms with Gasteiger partial charge in [0.25, 0.3) is 0 Å². The first-order valence-electron chi connectivity index (χ1n) is 9.29. The summed E-state index contributed by atoms with van der Waals surface area (Å²) in [6.07, 6.45) is -0.532. The zero-order chi connectivity index (χ0) is 19.9. The van der Waals surface area contributed by atoms with E-state index in [1.165, 1.54) is 23.9 Å². The topological polar surface area (TPSA) is 50.1 Å². The Bertz CT molecular complexity index is 884. The van der Waals surface area contributed by atoms with Gasteiger partial charge in [-0.2, -0.15) is 13.2 Å². The van der Waals surface area contributed by atoms with Crippen LogP contribution >= 0.6 is 11.8 Å². The maximum absolute atomic E-state index is 13.6. The quantitative estimate of drug-likeness (QED) is 0.464. The van der Waals surface area contributed by atoms with Crippen LogP contribution < -0.4 is 16.4 Å². The lowest BCUT2D eigenvalue weighted by Gasteiger charge is -2.29. The normalized spacial score (nSPS) is 21.5. The third-order valence-electron chi connectivity index (χ3n) is 5.26. The highest BCUT2D eigenvalue weighted by atomic mass is 32.2. The van der Waals surface area contributed by atoms with E-state index in [1.54, 1.807) is 6.07 Å². The maximum atomic E-state index is 13.6. The van der Waals surface area contributed by atoms with Gasteiger partial charge in [-0.15, -0.1) is 0 Å². The Hall–Kier alpha value is -1.93. The number of rotatable bonds is 3. The predicted octanol–water partition coefficient (Wildman–Crippen LogP) is 5.98. The predicted molar refractivity (Wildman–Crippen MR) is 104 cm³/mol. The molecule has 0 aromatic heterocycles. The molecule has 1 aliphatic heterocycles. The highest BCUT2D eigenvalue weighted by molar-refractivity contribution is 7.99. The van der Waals surface area contributed by atoms with Crippen LogP contribution in [0.2, 0.25) is 0 Å². The smallest absolute Gasteiger partial charge is 0.383 e. The van der Waals surface area contributed by atoms with Gasteiger partial charge in [-0.1, -0.05) is 18.2 Å². The molecule has 150 valence electrons. The van der Waals surface area contributed by atoms with Crippen LogP contribution in [0.1, 0.15) is 31.2 Å². The zero-order valence-electron chi connectivity index (χ0n) is 15.1. The van der Waals surface area contributed by atoms with Crippen molar-refractivity contribution in [3.8, 4) is 0 Å². The molecule has 2 aromatic carbocycles. The van der Waals surface area contributed by atoms with Crippen molar-refractivity contribution in [1.82, 2.24) is 0 Å². The number of hydrogen-bond donors (Lipinski definition) is 3. The average Bonchev–Trinajstić information content (AvgIpc) is 2.63. The van der Waals surface area contributed by atoms with Crippen molar-refractivity contribution in [3.05, 3.63) is 41.7 Å². The summed E-state index contributed by atoms with van der Waals surface area (Å²) in [4.78, 5) is 1.16. The average molecular weight is 411 g/mol. The summed E-state index contributed by atoms with van der Waals surface area (Å²) in [7, 11) is 0. The van der Waals surface area contributed by atoms with Crippen molar-refractivity contribution in [3.63, 3.8) is 0 Å².